The Balaban J connectivity index is 1.70. The predicted molar refractivity (Wildman–Crippen MR) is 119 cm³/mol. The van der Waals surface area contributed by atoms with E-state index in [1.807, 2.05) is 60.8 Å². The molecule has 2 amide bonds. The third-order valence-corrected chi connectivity index (χ3v) is 5.89. The molecule has 3 aromatic rings. The van der Waals surface area contributed by atoms with E-state index in [9.17, 15) is 9.59 Å². The second-order valence-corrected chi connectivity index (χ2v) is 7.96. The van der Waals surface area contributed by atoms with E-state index < -0.39 is 0 Å². The summed E-state index contributed by atoms with van der Waals surface area (Å²) in [5, 5.41) is 5.54. The smallest absolute Gasteiger partial charge is 0.278 e. The Hall–Kier alpha value is -3.09. The summed E-state index contributed by atoms with van der Waals surface area (Å²) in [7, 11) is 0. The maximum Gasteiger partial charge on any atom is 0.278 e. The number of thiophene rings is 1. The number of benzene rings is 2. The van der Waals surface area contributed by atoms with Gasteiger partial charge in [-0.2, -0.15) is 0 Å². The molecule has 0 fully saturated rings. The van der Waals surface area contributed by atoms with E-state index in [4.69, 9.17) is 16.3 Å². The topological polar surface area (TPSA) is 58.6 Å². The van der Waals surface area contributed by atoms with E-state index in [1.54, 1.807) is 12.1 Å². The standard InChI is InChI=1S/C23H19ClN2O3S/c1-2-29-17-9-5-8-16(13-17)25-21-20(19-11-6-12-30-19)22(27)26(23(21)28)14-15-7-3-4-10-18(15)24/h3-13,25H,2,14H2,1H3. The second-order valence-electron chi connectivity index (χ2n) is 6.60. The van der Waals surface area contributed by atoms with Crippen molar-refractivity contribution < 1.29 is 14.3 Å². The molecule has 0 spiro atoms. The van der Waals surface area contributed by atoms with E-state index in [2.05, 4.69) is 5.32 Å². The summed E-state index contributed by atoms with van der Waals surface area (Å²) in [6.07, 6.45) is 0. The second kappa shape index (κ2) is 8.73. The molecule has 0 atom stereocenters. The Kier molecular flexibility index (Phi) is 5.88. The number of ether oxygens (including phenoxy) is 1. The number of anilines is 1. The minimum absolute atomic E-state index is 0.108. The number of carbonyl (C=O) groups excluding carboxylic acids is 2. The molecular formula is C23H19ClN2O3S. The van der Waals surface area contributed by atoms with Crippen LogP contribution < -0.4 is 10.1 Å². The molecule has 0 saturated heterocycles. The number of nitrogens with zero attached hydrogens (tertiary/aromatic N) is 1. The number of rotatable bonds is 7. The average Bonchev–Trinajstić information content (AvgIpc) is 3.33. The molecule has 1 aliphatic rings. The lowest BCUT2D eigenvalue weighted by molar-refractivity contribution is -0.137. The van der Waals surface area contributed by atoms with E-state index in [1.165, 1.54) is 16.2 Å². The lowest BCUT2D eigenvalue weighted by Gasteiger charge is -2.16. The Morgan fingerprint density at radius 1 is 1.03 bits per heavy atom. The summed E-state index contributed by atoms with van der Waals surface area (Å²) in [5.74, 6) is -0.0403. The number of hydrogen-bond donors (Lipinski definition) is 1. The van der Waals surface area contributed by atoms with Gasteiger partial charge in [-0.3, -0.25) is 14.5 Å². The molecule has 1 N–H and O–H groups in total. The van der Waals surface area contributed by atoms with Crippen molar-refractivity contribution in [3.63, 3.8) is 0 Å². The zero-order valence-corrected chi connectivity index (χ0v) is 17.8. The van der Waals surface area contributed by atoms with Crippen molar-refractivity contribution in [2.45, 2.75) is 13.5 Å². The fourth-order valence-electron chi connectivity index (χ4n) is 3.26. The number of imide groups is 1. The SMILES string of the molecule is CCOc1cccc(NC2=C(c3cccs3)C(=O)N(Cc3ccccc3Cl)C2=O)c1. The molecule has 1 aromatic heterocycles. The number of halogens is 1. The maximum atomic E-state index is 13.3. The molecule has 4 rings (SSSR count). The normalized spacial score (nSPS) is 13.9. The molecule has 0 aliphatic carbocycles. The van der Waals surface area contributed by atoms with Crippen LogP contribution in [-0.2, 0) is 16.1 Å². The summed E-state index contributed by atoms with van der Waals surface area (Å²) in [4.78, 5) is 28.5. The van der Waals surface area contributed by atoms with Gasteiger partial charge in [0, 0.05) is 21.7 Å². The quantitative estimate of drug-likeness (QED) is 0.515. The van der Waals surface area contributed by atoms with Gasteiger partial charge in [-0.1, -0.05) is 41.9 Å². The van der Waals surface area contributed by atoms with Crippen LogP contribution in [0.15, 0.2) is 71.7 Å². The minimum Gasteiger partial charge on any atom is -0.494 e. The Labute approximate surface area is 183 Å². The molecule has 5 nitrogen and oxygen atoms in total. The third-order valence-electron chi connectivity index (χ3n) is 4.64. The first kappa shape index (κ1) is 20.2. The molecular weight excluding hydrogens is 420 g/mol. The first-order valence-electron chi connectivity index (χ1n) is 9.46. The van der Waals surface area contributed by atoms with Crippen LogP contribution in [-0.4, -0.2) is 23.3 Å². The van der Waals surface area contributed by atoms with Crippen molar-refractivity contribution in [2.75, 3.05) is 11.9 Å². The number of carbonyl (C=O) groups is 2. The van der Waals surface area contributed by atoms with Gasteiger partial charge in [0.15, 0.2) is 0 Å². The molecule has 0 bridgehead atoms. The summed E-state index contributed by atoms with van der Waals surface area (Å²) >= 11 is 7.67. The zero-order chi connectivity index (χ0) is 21.1. The Morgan fingerprint density at radius 3 is 2.60 bits per heavy atom. The summed E-state index contributed by atoms with van der Waals surface area (Å²) in [6, 6.07) is 18.2. The average molecular weight is 439 g/mol. The van der Waals surface area contributed by atoms with E-state index in [-0.39, 0.29) is 24.1 Å². The van der Waals surface area contributed by atoms with Crippen LogP contribution in [0.2, 0.25) is 5.02 Å². The fraction of sp³-hybridized carbons (Fsp3) is 0.130. The van der Waals surface area contributed by atoms with Gasteiger partial charge in [-0.25, -0.2) is 0 Å². The highest BCUT2D eigenvalue weighted by molar-refractivity contribution is 7.11. The van der Waals surface area contributed by atoms with Gasteiger partial charge in [0.25, 0.3) is 11.8 Å². The fourth-order valence-corrected chi connectivity index (χ4v) is 4.22. The van der Waals surface area contributed by atoms with Crippen molar-refractivity contribution in [1.82, 2.24) is 4.90 Å². The van der Waals surface area contributed by atoms with Gasteiger partial charge >= 0.3 is 0 Å². The minimum atomic E-state index is -0.384. The number of amides is 2. The van der Waals surface area contributed by atoms with Crippen LogP contribution in [0.25, 0.3) is 5.57 Å². The van der Waals surface area contributed by atoms with Crippen LogP contribution >= 0.6 is 22.9 Å². The lowest BCUT2D eigenvalue weighted by Crippen LogP contribution is -2.32. The number of hydrogen-bond acceptors (Lipinski definition) is 5. The molecule has 0 unspecified atom stereocenters. The van der Waals surface area contributed by atoms with Gasteiger partial charge < -0.3 is 10.1 Å². The largest absolute Gasteiger partial charge is 0.494 e. The van der Waals surface area contributed by atoms with E-state index in [0.29, 0.717) is 34.2 Å². The van der Waals surface area contributed by atoms with Gasteiger partial charge in [-0.15, -0.1) is 11.3 Å². The van der Waals surface area contributed by atoms with Crippen molar-refractivity contribution in [3.8, 4) is 5.75 Å². The molecule has 152 valence electrons. The van der Waals surface area contributed by atoms with Crippen LogP contribution in [0.5, 0.6) is 5.75 Å². The lowest BCUT2D eigenvalue weighted by atomic mass is 10.1. The first-order valence-corrected chi connectivity index (χ1v) is 10.7. The maximum absolute atomic E-state index is 13.3. The number of nitrogens with one attached hydrogen (secondary N) is 1. The molecule has 0 radical (unpaired) electrons. The predicted octanol–water partition coefficient (Wildman–Crippen LogP) is 5.19. The van der Waals surface area contributed by atoms with Crippen molar-refractivity contribution in [3.05, 3.63) is 87.2 Å². The highest BCUT2D eigenvalue weighted by Crippen LogP contribution is 2.34. The van der Waals surface area contributed by atoms with E-state index in [0.717, 1.165) is 4.88 Å². The summed E-state index contributed by atoms with van der Waals surface area (Å²) in [5.41, 5.74) is 2.00. The van der Waals surface area contributed by atoms with Crippen molar-refractivity contribution in [1.29, 1.82) is 0 Å². The first-order chi connectivity index (χ1) is 14.6. The third kappa shape index (κ3) is 3.97. The van der Waals surface area contributed by atoms with Gasteiger partial charge in [0.2, 0.25) is 0 Å². The molecule has 0 saturated carbocycles. The van der Waals surface area contributed by atoms with Crippen LogP contribution in [0.3, 0.4) is 0 Å². The summed E-state index contributed by atoms with van der Waals surface area (Å²) in [6.45, 7) is 2.55. The Bertz CT molecular complexity index is 1120. The molecule has 2 aromatic carbocycles. The van der Waals surface area contributed by atoms with Gasteiger partial charge in [-0.05, 0) is 42.1 Å². The van der Waals surface area contributed by atoms with Crippen molar-refractivity contribution >= 4 is 46.0 Å². The zero-order valence-electron chi connectivity index (χ0n) is 16.2. The molecule has 30 heavy (non-hydrogen) atoms. The van der Waals surface area contributed by atoms with Crippen LogP contribution in [0.1, 0.15) is 17.4 Å². The summed E-state index contributed by atoms with van der Waals surface area (Å²) < 4.78 is 5.54. The highest BCUT2D eigenvalue weighted by Gasteiger charge is 2.39. The monoisotopic (exact) mass is 438 g/mol. The molecule has 7 heteroatoms. The van der Waals surface area contributed by atoms with Crippen LogP contribution in [0, 0.1) is 0 Å². The van der Waals surface area contributed by atoms with Crippen LogP contribution in [0.4, 0.5) is 5.69 Å². The van der Waals surface area contributed by atoms with Gasteiger partial charge in [0.1, 0.15) is 11.4 Å². The van der Waals surface area contributed by atoms with E-state index >= 15 is 0 Å². The molecule has 1 aliphatic heterocycles. The molecule has 2 heterocycles. The van der Waals surface area contributed by atoms with Gasteiger partial charge in [0.05, 0.1) is 18.7 Å². The Morgan fingerprint density at radius 2 is 1.87 bits per heavy atom. The van der Waals surface area contributed by atoms with Crippen molar-refractivity contribution in [2.24, 2.45) is 0 Å². The highest BCUT2D eigenvalue weighted by atomic mass is 35.5.